The summed E-state index contributed by atoms with van der Waals surface area (Å²) >= 11 is 0. The van der Waals surface area contributed by atoms with E-state index in [1.54, 1.807) is 0 Å². The zero-order valence-electron chi connectivity index (χ0n) is 11.7. The maximum Gasteiger partial charge on any atom is 0.135 e. The summed E-state index contributed by atoms with van der Waals surface area (Å²) in [5.41, 5.74) is 1.14. The number of pyridine rings is 1. The lowest BCUT2D eigenvalue weighted by Gasteiger charge is -2.29. The molecule has 0 N–H and O–H groups in total. The SMILES string of the molecule is CN(c1ccccc1)c1cccc(N2CCOCC2)n1. The first-order valence-corrected chi connectivity index (χ1v) is 6.93. The van der Waals surface area contributed by atoms with Gasteiger partial charge in [0, 0.05) is 25.8 Å². The smallest absolute Gasteiger partial charge is 0.135 e. The van der Waals surface area contributed by atoms with Crippen LogP contribution in [0.4, 0.5) is 17.3 Å². The number of rotatable bonds is 3. The number of aromatic nitrogens is 1. The van der Waals surface area contributed by atoms with E-state index >= 15 is 0 Å². The fraction of sp³-hybridized carbons (Fsp3) is 0.312. The summed E-state index contributed by atoms with van der Waals surface area (Å²) in [5.74, 6) is 1.98. The molecule has 0 radical (unpaired) electrons. The highest BCUT2D eigenvalue weighted by atomic mass is 16.5. The average molecular weight is 269 g/mol. The number of morpholine rings is 1. The Morgan fingerprint density at radius 3 is 2.50 bits per heavy atom. The molecular weight excluding hydrogens is 250 g/mol. The Bertz CT molecular complexity index is 553. The molecule has 0 bridgehead atoms. The Hall–Kier alpha value is -2.07. The second-order valence-electron chi connectivity index (χ2n) is 4.85. The van der Waals surface area contributed by atoms with E-state index in [-0.39, 0.29) is 0 Å². The molecular formula is C16H19N3O. The van der Waals surface area contributed by atoms with Crippen LogP contribution in [-0.4, -0.2) is 38.3 Å². The van der Waals surface area contributed by atoms with Crippen LogP contribution >= 0.6 is 0 Å². The van der Waals surface area contributed by atoms with Gasteiger partial charge in [0.25, 0.3) is 0 Å². The quantitative estimate of drug-likeness (QED) is 0.856. The highest BCUT2D eigenvalue weighted by Gasteiger charge is 2.13. The maximum atomic E-state index is 5.39. The third-order valence-electron chi connectivity index (χ3n) is 3.54. The molecule has 1 aliphatic rings. The summed E-state index contributed by atoms with van der Waals surface area (Å²) < 4.78 is 5.39. The molecule has 20 heavy (non-hydrogen) atoms. The van der Waals surface area contributed by atoms with E-state index in [4.69, 9.17) is 9.72 Å². The summed E-state index contributed by atoms with van der Waals surface area (Å²) in [6, 6.07) is 16.4. The molecule has 1 aromatic heterocycles. The van der Waals surface area contributed by atoms with E-state index in [1.807, 2.05) is 31.3 Å². The molecule has 2 aromatic rings. The summed E-state index contributed by atoms with van der Waals surface area (Å²) in [7, 11) is 2.04. The van der Waals surface area contributed by atoms with Crippen LogP contribution in [0.2, 0.25) is 0 Å². The molecule has 3 rings (SSSR count). The van der Waals surface area contributed by atoms with E-state index in [9.17, 15) is 0 Å². The lowest BCUT2D eigenvalue weighted by Crippen LogP contribution is -2.36. The fourth-order valence-corrected chi connectivity index (χ4v) is 2.35. The normalized spacial score (nSPS) is 15.2. The van der Waals surface area contributed by atoms with Crippen LogP contribution in [0.25, 0.3) is 0 Å². The van der Waals surface area contributed by atoms with Gasteiger partial charge in [-0.05, 0) is 24.3 Å². The molecule has 1 aromatic carbocycles. The summed E-state index contributed by atoms with van der Waals surface area (Å²) in [6.45, 7) is 3.37. The van der Waals surface area contributed by atoms with Crippen molar-refractivity contribution >= 4 is 17.3 Å². The van der Waals surface area contributed by atoms with E-state index < -0.39 is 0 Å². The van der Waals surface area contributed by atoms with Gasteiger partial charge in [0.15, 0.2) is 0 Å². The predicted molar refractivity (Wildman–Crippen MR) is 81.8 cm³/mol. The van der Waals surface area contributed by atoms with Crippen molar-refractivity contribution in [1.82, 2.24) is 4.98 Å². The van der Waals surface area contributed by atoms with Gasteiger partial charge in [0.2, 0.25) is 0 Å². The van der Waals surface area contributed by atoms with Gasteiger partial charge in [0.1, 0.15) is 11.6 Å². The van der Waals surface area contributed by atoms with Crippen molar-refractivity contribution in [3.8, 4) is 0 Å². The van der Waals surface area contributed by atoms with E-state index in [2.05, 4.69) is 34.1 Å². The molecule has 4 nitrogen and oxygen atoms in total. The Kier molecular flexibility index (Phi) is 3.83. The van der Waals surface area contributed by atoms with Gasteiger partial charge >= 0.3 is 0 Å². The van der Waals surface area contributed by atoms with Gasteiger partial charge in [-0.3, -0.25) is 0 Å². The molecule has 0 aliphatic carbocycles. The first-order chi connectivity index (χ1) is 9.84. The third-order valence-corrected chi connectivity index (χ3v) is 3.54. The van der Waals surface area contributed by atoms with Gasteiger partial charge < -0.3 is 14.5 Å². The van der Waals surface area contributed by atoms with Gasteiger partial charge in [-0.15, -0.1) is 0 Å². The molecule has 0 saturated carbocycles. The van der Waals surface area contributed by atoms with Gasteiger partial charge in [-0.1, -0.05) is 24.3 Å². The Morgan fingerprint density at radius 1 is 1.00 bits per heavy atom. The molecule has 1 fully saturated rings. The molecule has 1 aliphatic heterocycles. The van der Waals surface area contributed by atoms with Gasteiger partial charge in [-0.2, -0.15) is 0 Å². The summed E-state index contributed by atoms with van der Waals surface area (Å²) in [5, 5.41) is 0. The molecule has 0 atom stereocenters. The number of anilines is 3. The van der Waals surface area contributed by atoms with Crippen LogP contribution in [0.3, 0.4) is 0 Å². The fourth-order valence-electron chi connectivity index (χ4n) is 2.35. The van der Waals surface area contributed by atoms with Crippen molar-refractivity contribution in [1.29, 1.82) is 0 Å². The van der Waals surface area contributed by atoms with Crippen molar-refractivity contribution in [2.75, 3.05) is 43.2 Å². The van der Waals surface area contributed by atoms with Crippen molar-refractivity contribution in [3.05, 3.63) is 48.5 Å². The molecule has 2 heterocycles. The average Bonchev–Trinajstić information content (AvgIpc) is 2.56. The standard InChI is InChI=1S/C16H19N3O/c1-18(14-6-3-2-4-7-14)15-8-5-9-16(17-15)19-10-12-20-13-11-19/h2-9H,10-13H2,1H3. The minimum absolute atomic E-state index is 0.778. The van der Waals surface area contributed by atoms with Gasteiger partial charge in [0.05, 0.1) is 13.2 Å². The largest absolute Gasteiger partial charge is 0.378 e. The second kappa shape index (κ2) is 5.92. The van der Waals surface area contributed by atoms with E-state index in [1.165, 1.54) is 0 Å². The Balaban J connectivity index is 1.83. The second-order valence-corrected chi connectivity index (χ2v) is 4.85. The lowest BCUT2D eigenvalue weighted by molar-refractivity contribution is 0.122. The van der Waals surface area contributed by atoms with Crippen LogP contribution in [0, 0.1) is 0 Å². The van der Waals surface area contributed by atoms with Crippen molar-refractivity contribution in [3.63, 3.8) is 0 Å². The molecule has 1 saturated heterocycles. The maximum absolute atomic E-state index is 5.39. The Labute approximate surface area is 119 Å². The predicted octanol–water partition coefficient (Wildman–Crippen LogP) is 2.69. The number of hydrogen-bond donors (Lipinski definition) is 0. The molecule has 0 unspecified atom stereocenters. The zero-order chi connectivity index (χ0) is 13.8. The van der Waals surface area contributed by atoms with Crippen molar-refractivity contribution in [2.45, 2.75) is 0 Å². The van der Waals surface area contributed by atoms with Crippen molar-refractivity contribution < 1.29 is 4.74 Å². The Morgan fingerprint density at radius 2 is 1.75 bits per heavy atom. The van der Waals surface area contributed by atoms with Crippen LogP contribution < -0.4 is 9.80 Å². The first-order valence-electron chi connectivity index (χ1n) is 6.93. The lowest BCUT2D eigenvalue weighted by atomic mass is 10.3. The van der Waals surface area contributed by atoms with Gasteiger partial charge in [-0.25, -0.2) is 4.98 Å². The minimum Gasteiger partial charge on any atom is -0.378 e. The van der Waals surface area contributed by atoms with Crippen LogP contribution in [0.15, 0.2) is 48.5 Å². The topological polar surface area (TPSA) is 28.6 Å². The van der Waals surface area contributed by atoms with Crippen LogP contribution in [0.1, 0.15) is 0 Å². The molecule has 0 amide bonds. The van der Waals surface area contributed by atoms with E-state index in [0.29, 0.717) is 0 Å². The third kappa shape index (κ3) is 2.75. The summed E-state index contributed by atoms with van der Waals surface area (Å²) in [4.78, 5) is 9.14. The highest BCUT2D eigenvalue weighted by Crippen LogP contribution is 2.23. The molecule has 104 valence electrons. The minimum atomic E-state index is 0.778. The van der Waals surface area contributed by atoms with Crippen LogP contribution in [-0.2, 0) is 4.74 Å². The number of para-hydroxylation sites is 1. The molecule has 0 spiro atoms. The van der Waals surface area contributed by atoms with Crippen LogP contribution in [0.5, 0.6) is 0 Å². The zero-order valence-corrected chi connectivity index (χ0v) is 11.7. The van der Waals surface area contributed by atoms with E-state index in [0.717, 1.165) is 43.6 Å². The first kappa shape index (κ1) is 12.9. The number of ether oxygens (including phenoxy) is 1. The highest BCUT2D eigenvalue weighted by molar-refractivity contribution is 5.60. The number of nitrogens with zero attached hydrogens (tertiary/aromatic N) is 3. The number of hydrogen-bond acceptors (Lipinski definition) is 4. The number of benzene rings is 1. The molecule has 4 heteroatoms. The van der Waals surface area contributed by atoms with Crippen molar-refractivity contribution in [2.24, 2.45) is 0 Å². The monoisotopic (exact) mass is 269 g/mol. The summed E-state index contributed by atoms with van der Waals surface area (Å²) in [6.07, 6.45) is 0.